The molecule has 1 aromatic carbocycles. The third kappa shape index (κ3) is 2.45. The minimum Gasteiger partial charge on any atom is -0.399 e. The van der Waals surface area contributed by atoms with Gasteiger partial charge in [-0.25, -0.2) is 4.68 Å². The third-order valence-electron chi connectivity index (χ3n) is 3.72. The lowest BCUT2D eigenvalue weighted by Crippen LogP contribution is -2.23. The van der Waals surface area contributed by atoms with Crippen LogP contribution in [0.15, 0.2) is 18.2 Å². The fourth-order valence-electron chi connectivity index (χ4n) is 2.47. The van der Waals surface area contributed by atoms with E-state index < -0.39 is 10.8 Å². The summed E-state index contributed by atoms with van der Waals surface area (Å²) in [5, 5.41) is 12.1. The number of aromatic nitrogens is 4. The summed E-state index contributed by atoms with van der Waals surface area (Å²) in [5.74, 6) is 2.21. The van der Waals surface area contributed by atoms with Crippen molar-refractivity contribution < 1.29 is 4.21 Å². The van der Waals surface area contributed by atoms with Crippen LogP contribution in [-0.2, 0) is 10.8 Å². The van der Waals surface area contributed by atoms with E-state index in [4.69, 9.17) is 5.73 Å². The maximum Gasteiger partial charge on any atom is 0.182 e. The minimum absolute atomic E-state index is 0.232. The second kappa shape index (κ2) is 5.32. The van der Waals surface area contributed by atoms with Gasteiger partial charge in [0, 0.05) is 33.6 Å². The number of benzene rings is 1. The standard InChI is InChI=1S/C13H17N5OS/c1-9-8-10(2-3-12(9)14)13-15-16-17-18(13)11-4-6-20(19)7-5-11/h2-3,8,11H,4-7,14H2,1H3. The van der Waals surface area contributed by atoms with Gasteiger partial charge in [-0.1, -0.05) is 0 Å². The Morgan fingerprint density at radius 3 is 2.80 bits per heavy atom. The van der Waals surface area contributed by atoms with E-state index in [1.165, 1.54) is 0 Å². The van der Waals surface area contributed by atoms with E-state index in [1.54, 1.807) is 0 Å². The van der Waals surface area contributed by atoms with Crippen LogP contribution < -0.4 is 5.73 Å². The maximum atomic E-state index is 11.5. The highest BCUT2D eigenvalue weighted by Gasteiger charge is 2.23. The number of tetrazole rings is 1. The SMILES string of the molecule is Cc1cc(-c2nnnn2C2CCS(=O)CC2)ccc1N. The first kappa shape index (κ1) is 13.2. The molecule has 3 rings (SSSR count). The molecule has 1 saturated heterocycles. The third-order valence-corrected chi connectivity index (χ3v) is 5.11. The maximum absolute atomic E-state index is 11.5. The van der Waals surface area contributed by atoms with Crippen molar-refractivity contribution in [3.63, 3.8) is 0 Å². The number of hydrogen-bond donors (Lipinski definition) is 1. The van der Waals surface area contributed by atoms with Gasteiger partial charge in [0.1, 0.15) is 0 Å². The van der Waals surface area contributed by atoms with Crippen LogP contribution >= 0.6 is 0 Å². The van der Waals surface area contributed by atoms with E-state index in [-0.39, 0.29) is 6.04 Å². The van der Waals surface area contributed by atoms with E-state index >= 15 is 0 Å². The Balaban J connectivity index is 1.93. The fourth-order valence-corrected chi connectivity index (χ4v) is 3.74. The van der Waals surface area contributed by atoms with Crippen molar-refractivity contribution in [3.8, 4) is 11.4 Å². The van der Waals surface area contributed by atoms with E-state index in [1.807, 2.05) is 29.8 Å². The van der Waals surface area contributed by atoms with Crippen LogP contribution in [0.25, 0.3) is 11.4 Å². The van der Waals surface area contributed by atoms with Crippen molar-refractivity contribution >= 4 is 16.5 Å². The molecular formula is C13H17N5OS. The highest BCUT2D eigenvalue weighted by molar-refractivity contribution is 7.85. The summed E-state index contributed by atoms with van der Waals surface area (Å²) in [6.07, 6.45) is 1.72. The lowest BCUT2D eigenvalue weighted by atomic mass is 10.1. The summed E-state index contributed by atoms with van der Waals surface area (Å²) >= 11 is 0. The molecule has 0 aliphatic carbocycles. The van der Waals surface area contributed by atoms with Crippen molar-refractivity contribution in [1.29, 1.82) is 0 Å². The van der Waals surface area contributed by atoms with Crippen molar-refractivity contribution in [1.82, 2.24) is 20.2 Å². The lowest BCUT2D eigenvalue weighted by molar-refractivity contribution is 0.415. The Kier molecular flexibility index (Phi) is 3.52. The lowest BCUT2D eigenvalue weighted by Gasteiger charge is -2.22. The number of anilines is 1. The average Bonchev–Trinajstić information content (AvgIpc) is 2.92. The molecule has 0 spiro atoms. The summed E-state index contributed by atoms with van der Waals surface area (Å²) in [7, 11) is -0.679. The molecule has 0 atom stereocenters. The summed E-state index contributed by atoms with van der Waals surface area (Å²) < 4.78 is 13.3. The molecule has 2 aromatic rings. The van der Waals surface area contributed by atoms with Crippen molar-refractivity contribution in [2.45, 2.75) is 25.8 Å². The van der Waals surface area contributed by atoms with Gasteiger partial charge in [0.15, 0.2) is 5.82 Å². The quantitative estimate of drug-likeness (QED) is 0.843. The van der Waals surface area contributed by atoms with E-state index in [0.717, 1.165) is 47.0 Å². The number of nitrogen functional groups attached to an aromatic ring is 1. The van der Waals surface area contributed by atoms with Gasteiger partial charge in [-0.05, 0) is 54.0 Å². The summed E-state index contributed by atoms with van der Waals surface area (Å²) in [6, 6.07) is 6.04. The van der Waals surface area contributed by atoms with Crippen LogP contribution in [0.5, 0.6) is 0 Å². The molecule has 1 fully saturated rings. The first-order valence-corrected chi connectivity index (χ1v) is 8.13. The zero-order valence-electron chi connectivity index (χ0n) is 11.3. The van der Waals surface area contributed by atoms with Gasteiger partial charge < -0.3 is 5.73 Å². The van der Waals surface area contributed by atoms with Gasteiger partial charge in [-0.3, -0.25) is 4.21 Å². The largest absolute Gasteiger partial charge is 0.399 e. The van der Waals surface area contributed by atoms with Crippen LogP contribution in [-0.4, -0.2) is 35.9 Å². The van der Waals surface area contributed by atoms with Crippen LogP contribution in [0, 0.1) is 6.92 Å². The molecule has 0 amide bonds. The molecule has 0 saturated carbocycles. The molecule has 2 heterocycles. The number of rotatable bonds is 2. The molecule has 0 radical (unpaired) electrons. The van der Waals surface area contributed by atoms with Gasteiger partial charge in [0.25, 0.3) is 0 Å². The van der Waals surface area contributed by atoms with E-state index in [2.05, 4.69) is 15.5 Å². The number of aryl methyl sites for hydroxylation is 1. The van der Waals surface area contributed by atoms with Crippen LogP contribution in [0.2, 0.25) is 0 Å². The van der Waals surface area contributed by atoms with Gasteiger partial charge in [0.05, 0.1) is 6.04 Å². The Morgan fingerprint density at radius 2 is 2.10 bits per heavy atom. The molecule has 2 N–H and O–H groups in total. The van der Waals surface area contributed by atoms with Gasteiger partial charge >= 0.3 is 0 Å². The highest BCUT2D eigenvalue weighted by atomic mass is 32.2. The first-order valence-electron chi connectivity index (χ1n) is 6.64. The summed E-state index contributed by atoms with van der Waals surface area (Å²) in [5.41, 5.74) is 8.59. The Bertz CT molecular complexity index is 644. The predicted molar refractivity (Wildman–Crippen MR) is 78.5 cm³/mol. The van der Waals surface area contributed by atoms with Crippen LogP contribution in [0.3, 0.4) is 0 Å². The molecule has 1 aliphatic rings. The molecular weight excluding hydrogens is 274 g/mol. The van der Waals surface area contributed by atoms with Gasteiger partial charge in [0.2, 0.25) is 0 Å². The van der Waals surface area contributed by atoms with Crippen molar-refractivity contribution in [2.24, 2.45) is 0 Å². The first-order chi connectivity index (χ1) is 9.65. The fraction of sp³-hybridized carbons (Fsp3) is 0.462. The molecule has 0 unspecified atom stereocenters. The van der Waals surface area contributed by atoms with Crippen LogP contribution in [0.4, 0.5) is 5.69 Å². The number of nitrogens with two attached hydrogens (primary N) is 1. The molecule has 1 aromatic heterocycles. The molecule has 7 heteroatoms. The number of hydrogen-bond acceptors (Lipinski definition) is 5. The second-order valence-corrected chi connectivity index (χ2v) is 6.79. The van der Waals surface area contributed by atoms with Crippen molar-refractivity contribution in [3.05, 3.63) is 23.8 Å². The van der Waals surface area contributed by atoms with Crippen LogP contribution in [0.1, 0.15) is 24.4 Å². The molecule has 20 heavy (non-hydrogen) atoms. The van der Waals surface area contributed by atoms with E-state index in [0.29, 0.717) is 0 Å². The zero-order valence-corrected chi connectivity index (χ0v) is 12.1. The molecule has 0 bridgehead atoms. The van der Waals surface area contributed by atoms with Gasteiger partial charge in [-0.2, -0.15) is 0 Å². The summed E-state index contributed by atoms with van der Waals surface area (Å²) in [4.78, 5) is 0. The second-order valence-electron chi connectivity index (χ2n) is 5.10. The predicted octanol–water partition coefficient (Wildman–Crippen LogP) is 1.31. The zero-order chi connectivity index (χ0) is 14.1. The average molecular weight is 291 g/mol. The van der Waals surface area contributed by atoms with Gasteiger partial charge in [-0.15, -0.1) is 5.10 Å². The molecule has 6 nitrogen and oxygen atoms in total. The minimum atomic E-state index is -0.679. The van der Waals surface area contributed by atoms with E-state index in [9.17, 15) is 4.21 Å². The number of nitrogens with zero attached hydrogens (tertiary/aromatic N) is 4. The summed E-state index contributed by atoms with van der Waals surface area (Å²) in [6.45, 7) is 1.97. The Labute approximate surface area is 119 Å². The Hall–Kier alpha value is -1.76. The molecule has 1 aliphatic heterocycles. The monoisotopic (exact) mass is 291 g/mol. The highest BCUT2D eigenvalue weighted by Crippen LogP contribution is 2.27. The smallest absolute Gasteiger partial charge is 0.182 e. The topological polar surface area (TPSA) is 86.7 Å². The van der Waals surface area contributed by atoms with Crippen molar-refractivity contribution in [2.75, 3.05) is 17.2 Å². The Morgan fingerprint density at radius 1 is 1.35 bits per heavy atom. The molecule has 106 valence electrons. The normalized spacial score (nSPS) is 22.9.